The number of hydrogen-bond donors (Lipinski definition) is 1. The zero-order chi connectivity index (χ0) is 11.1. The molecule has 0 aromatic rings. The molecular weight excluding hydrogens is 178 g/mol. The topological polar surface area (TPSA) is 49.6 Å². The number of carbonyl (C=O) groups excluding carboxylic acids is 1. The Morgan fingerprint density at radius 1 is 1.43 bits per heavy atom. The molecule has 0 aliphatic carbocycles. The van der Waals surface area contributed by atoms with Crippen molar-refractivity contribution < 1.29 is 4.79 Å². The van der Waals surface area contributed by atoms with Gasteiger partial charge in [-0.2, -0.15) is 0 Å². The first-order valence-corrected chi connectivity index (χ1v) is 5.21. The summed E-state index contributed by atoms with van der Waals surface area (Å²) in [4.78, 5) is 15.4. The van der Waals surface area contributed by atoms with Gasteiger partial charge in [0.2, 0.25) is 5.91 Å². The van der Waals surface area contributed by atoms with Gasteiger partial charge >= 0.3 is 0 Å². The maximum Gasteiger partial charge on any atom is 0.236 e. The van der Waals surface area contributed by atoms with Crippen LogP contribution in [-0.2, 0) is 4.79 Å². The first-order chi connectivity index (χ1) is 6.52. The Hall–Kier alpha value is -0.610. The summed E-state index contributed by atoms with van der Waals surface area (Å²) in [5.74, 6) is 0.162. The van der Waals surface area contributed by atoms with E-state index in [1.807, 2.05) is 14.0 Å². The van der Waals surface area contributed by atoms with Gasteiger partial charge in [0.05, 0.1) is 6.54 Å². The monoisotopic (exact) mass is 201 g/mol. The number of hydrogen-bond acceptors (Lipinski definition) is 3. The van der Waals surface area contributed by atoms with E-state index >= 15 is 0 Å². The smallest absolute Gasteiger partial charge is 0.236 e. The molecule has 0 aliphatic heterocycles. The normalized spacial score (nSPS) is 11.1. The summed E-state index contributed by atoms with van der Waals surface area (Å²) >= 11 is 0. The third-order valence-corrected chi connectivity index (χ3v) is 2.39. The lowest BCUT2D eigenvalue weighted by Gasteiger charge is -2.27. The summed E-state index contributed by atoms with van der Waals surface area (Å²) in [6.07, 6.45) is 0. The summed E-state index contributed by atoms with van der Waals surface area (Å²) in [5, 5.41) is 0. The Bertz CT molecular complexity index is 171. The van der Waals surface area contributed by atoms with Gasteiger partial charge < -0.3 is 10.6 Å². The average Bonchev–Trinajstić information content (AvgIpc) is 2.15. The fourth-order valence-corrected chi connectivity index (χ4v) is 1.16. The van der Waals surface area contributed by atoms with Crippen molar-refractivity contribution in [1.29, 1.82) is 0 Å². The molecule has 14 heavy (non-hydrogen) atoms. The molecule has 0 bridgehead atoms. The van der Waals surface area contributed by atoms with E-state index in [4.69, 9.17) is 5.73 Å². The highest BCUT2D eigenvalue weighted by Crippen LogP contribution is 1.98. The highest BCUT2D eigenvalue weighted by Gasteiger charge is 2.14. The van der Waals surface area contributed by atoms with Gasteiger partial charge in [-0.25, -0.2) is 0 Å². The fraction of sp³-hybridized carbons (Fsp3) is 0.900. The standard InChI is InChI=1S/C10H23N3O/c1-5-12(4)10(14)8-13(7-6-11)9(2)3/h9H,5-8,11H2,1-4H3. The second-order valence-electron chi connectivity index (χ2n) is 3.76. The van der Waals surface area contributed by atoms with Crippen LogP contribution in [0.5, 0.6) is 0 Å². The van der Waals surface area contributed by atoms with Crippen LogP contribution in [0.3, 0.4) is 0 Å². The SMILES string of the molecule is CCN(C)C(=O)CN(CCN)C(C)C. The van der Waals surface area contributed by atoms with E-state index in [1.54, 1.807) is 4.90 Å². The fourth-order valence-electron chi connectivity index (χ4n) is 1.16. The number of nitrogens with two attached hydrogens (primary N) is 1. The molecule has 0 saturated carbocycles. The minimum absolute atomic E-state index is 0.162. The summed E-state index contributed by atoms with van der Waals surface area (Å²) in [6.45, 7) is 8.74. The second-order valence-corrected chi connectivity index (χ2v) is 3.76. The van der Waals surface area contributed by atoms with Crippen molar-refractivity contribution in [3.05, 3.63) is 0 Å². The number of nitrogens with zero attached hydrogens (tertiary/aromatic N) is 2. The number of amides is 1. The van der Waals surface area contributed by atoms with E-state index in [-0.39, 0.29) is 5.91 Å². The average molecular weight is 201 g/mol. The van der Waals surface area contributed by atoms with Crippen LogP contribution in [0.25, 0.3) is 0 Å². The Labute approximate surface area is 87.0 Å². The van der Waals surface area contributed by atoms with Crippen molar-refractivity contribution in [2.45, 2.75) is 26.8 Å². The lowest BCUT2D eigenvalue weighted by Crippen LogP contribution is -2.43. The van der Waals surface area contributed by atoms with Gasteiger partial charge in [0.25, 0.3) is 0 Å². The van der Waals surface area contributed by atoms with E-state index in [2.05, 4.69) is 18.7 Å². The van der Waals surface area contributed by atoms with Crippen LogP contribution in [0.1, 0.15) is 20.8 Å². The van der Waals surface area contributed by atoms with Gasteiger partial charge in [-0.3, -0.25) is 9.69 Å². The number of likely N-dealkylation sites (N-methyl/N-ethyl adjacent to an activating group) is 1. The van der Waals surface area contributed by atoms with Crippen LogP contribution in [0, 0.1) is 0 Å². The molecule has 0 atom stereocenters. The predicted octanol–water partition coefficient (Wildman–Crippen LogP) is 0.134. The third kappa shape index (κ3) is 4.58. The van der Waals surface area contributed by atoms with Crippen molar-refractivity contribution in [3.8, 4) is 0 Å². The van der Waals surface area contributed by atoms with Gasteiger partial charge in [0.15, 0.2) is 0 Å². The quantitative estimate of drug-likeness (QED) is 0.665. The van der Waals surface area contributed by atoms with Gasteiger partial charge in [-0.05, 0) is 20.8 Å². The summed E-state index contributed by atoms with van der Waals surface area (Å²) < 4.78 is 0. The molecule has 1 amide bonds. The second kappa shape index (κ2) is 6.79. The maximum atomic E-state index is 11.6. The first-order valence-electron chi connectivity index (χ1n) is 5.21. The van der Waals surface area contributed by atoms with Crippen LogP contribution in [0.4, 0.5) is 0 Å². The Morgan fingerprint density at radius 3 is 2.36 bits per heavy atom. The van der Waals surface area contributed by atoms with Crippen molar-refractivity contribution >= 4 is 5.91 Å². The van der Waals surface area contributed by atoms with Gasteiger partial charge in [0.1, 0.15) is 0 Å². The number of rotatable bonds is 6. The molecule has 0 aromatic heterocycles. The maximum absolute atomic E-state index is 11.6. The first kappa shape index (κ1) is 13.4. The molecule has 0 saturated heterocycles. The molecule has 4 nitrogen and oxygen atoms in total. The minimum atomic E-state index is 0.162. The van der Waals surface area contributed by atoms with Crippen LogP contribution in [-0.4, -0.2) is 55.0 Å². The Morgan fingerprint density at radius 2 is 2.00 bits per heavy atom. The predicted molar refractivity (Wildman–Crippen MR) is 59.1 cm³/mol. The lowest BCUT2D eigenvalue weighted by atomic mass is 10.3. The largest absolute Gasteiger partial charge is 0.345 e. The zero-order valence-corrected chi connectivity index (χ0v) is 9.79. The third-order valence-electron chi connectivity index (χ3n) is 2.39. The molecule has 0 heterocycles. The zero-order valence-electron chi connectivity index (χ0n) is 9.79. The molecule has 0 radical (unpaired) electrons. The summed E-state index contributed by atoms with van der Waals surface area (Å²) in [5.41, 5.74) is 5.48. The van der Waals surface area contributed by atoms with Gasteiger partial charge in [0, 0.05) is 32.7 Å². The molecule has 0 unspecified atom stereocenters. The molecule has 2 N–H and O–H groups in total. The molecule has 0 aromatic carbocycles. The van der Waals surface area contributed by atoms with Crippen molar-refractivity contribution in [2.75, 3.05) is 33.2 Å². The Kier molecular flexibility index (Phi) is 6.49. The van der Waals surface area contributed by atoms with E-state index in [1.165, 1.54) is 0 Å². The summed E-state index contributed by atoms with van der Waals surface area (Å²) in [7, 11) is 1.82. The van der Waals surface area contributed by atoms with E-state index in [0.717, 1.165) is 13.1 Å². The molecular formula is C10H23N3O. The van der Waals surface area contributed by atoms with Crippen LogP contribution in [0.15, 0.2) is 0 Å². The molecule has 84 valence electrons. The summed E-state index contributed by atoms with van der Waals surface area (Å²) in [6, 6.07) is 0.368. The number of carbonyl (C=O) groups is 1. The molecule has 0 rings (SSSR count). The van der Waals surface area contributed by atoms with Gasteiger partial charge in [-0.1, -0.05) is 0 Å². The van der Waals surface area contributed by atoms with E-state index in [9.17, 15) is 4.79 Å². The van der Waals surface area contributed by atoms with E-state index in [0.29, 0.717) is 19.1 Å². The molecule has 0 aliphatic rings. The highest BCUT2D eigenvalue weighted by atomic mass is 16.2. The van der Waals surface area contributed by atoms with E-state index < -0.39 is 0 Å². The van der Waals surface area contributed by atoms with Crippen LogP contribution in [0.2, 0.25) is 0 Å². The molecule has 4 heteroatoms. The van der Waals surface area contributed by atoms with Crippen molar-refractivity contribution in [1.82, 2.24) is 9.80 Å². The molecule has 0 spiro atoms. The van der Waals surface area contributed by atoms with Crippen molar-refractivity contribution in [2.24, 2.45) is 5.73 Å². The minimum Gasteiger partial charge on any atom is -0.345 e. The lowest BCUT2D eigenvalue weighted by molar-refractivity contribution is -0.131. The van der Waals surface area contributed by atoms with Crippen LogP contribution >= 0.6 is 0 Å². The van der Waals surface area contributed by atoms with Crippen molar-refractivity contribution in [3.63, 3.8) is 0 Å². The van der Waals surface area contributed by atoms with Gasteiger partial charge in [-0.15, -0.1) is 0 Å². The Balaban J connectivity index is 4.08. The molecule has 0 fully saturated rings. The highest BCUT2D eigenvalue weighted by molar-refractivity contribution is 5.77. The van der Waals surface area contributed by atoms with Crippen LogP contribution < -0.4 is 5.73 Å².